The fraction of sp³-hybridized carbons (Fsp3) is 0.357. The van der Waals surface area contributed by atoms with Crippen molar-refractivity contribution in [1.82, 2.24) is 0 Å². The van der Waals surface area contributed by atoms with E-state index in [0.717, 1.165) is 5.56 Å². The normalized spacial score (nSPS) is 9.79. The molecule has 0 heterocycles. The Morgan fingerprint density at radius 2 is 1.68 bits per heavy atom. The minimum Gasteiger partial charge on any atom is -0.434 e. The van der Waals surface area contributed by atoms with Gasteiger partial charge in [-0.25, -0.2) is 4.79 Å². The average molecular weight is 264 g/mol. The third-order valence-corrected chi connectivity index (χ3v) is 2.39. The quantitative estimate of drug-likeness (QED) is 0.464. The molecule has 1 rings (SSSR count). The molecule has 0 amide bonds. The lowest BCUT2D eigenvalue weighted by molar-refractivity contribution is -0.139. The summed E-state index contributed by atoms with van der Waals surface area (Å²) in [6.45, 7) is 3.66. The molecule has 0 saturated heterocycles. The van der Waals surface area contributed by atoms with Gasteiger partial charge in [-0.1, -0.05) is 29.8 Å². The maximum atomic E-state index is 11.7. The van der Waals surface area contributed by atoms with Crippen LogP contribution in [0.4, 0.5) is 4.79 Å². The molecule has 0 unspecified atom stereocenters. The van der Waals surface area contributed by atoms with Gasteiger partial charge in [-0.15, -0.1) is 0 Å². The Morgan fingerprint density at radius 1 is 1.05 bits per heavy atom. The smallest absolute Gasteiger partial charge is 0.434 e. The van der Waals surface area contributed by atoms with Crippen molar-refractivity contribution in [3.8, 4) is 0 Å². The molecule has 0 aliphatic rings. The first-order chi connectivity index (χ1) is 9.02. The Balaban J connectivity index is 2.40. The van der Waals surface area contributed by atoms with E-state index in [-0.39, 0.29) is 25.2 Å². The van der Waals surface area contributed by atoms with Gasteiger partial charge in [0.25, 0.3) is 0 Å². The second-order valence-electron chi connectivity index (χ2n) is 3.95. The van der Waals surface area contributed by atoms with Gasteiger partial charge >= 0.3 is 12.1 Å². The fourth-order valence-electron chi connectivity index (χ4n) is 1.39. The molecular formula is C14H16O5. The Bertz CT molecular complexity index is 461. The lowest BCUT2D eigenvalue weighted by Gasteiger charge is -2.03. The maximum absolute atomic E-state index is 11.7. The van der Waals surface area contributed by atoms with Crippen molar-refractivity contribution < 1.29 is 23.9 Å². The van der Waals surface area contributed by atoms with Crippen LogP contribution in [0.1, 0.15) is 35.7 Å². The van der Waals surface area contributed by atoms with Gasteiger partial charge < -0.3 is 9.47 Å². The molecule has 0 saturated carbocycles. The molecule has 5 heteroatoms. The SMILES string of the molecule is CCOC(=O)OC(=O)CCC(=O)c1ccc(C)cc1. The van der Waals surface area contributed by atoms with Gasteiger partial charge in [0.15, 0.2) is 5.78 Å². The van der Waals surface area contributed by atoms with Crippen LogP contribution in [0, 0.1) is 6.92 Å². The average Bonchev–Trinajstić information content (AvgIpc) is 2.37. The highest BCUT2D eigenvalue weighted by molar-refractivity contribution is 5.98. The number of aryl methyl sites for hydroxylation is 1. The first kappa shape index (κ1) is 14.9. The first-order valence-corrected chi connectivity index (χ1v) is 6.00. The molecule has 19 heavy (non-hydrogen) atoms. The molecule has 5 nitrogen and oxygen atoms in total. The molecule has 0 N–H and O–H groups in total. The summed E-state index contributed by atoms with van der Waals surface area (Å²) in [7, 11) is 0. The highest BCUT2D eigenvalue weighted by Gasteiger charge is 2.14. The number of carbonyl (C=O) groups is 3. The number of hydrogen-bond donors (Lipinski definition) is 0. The van der Waals surface area contributed by atoms with E-state index in [1.807, 2.05) is 19.1 Å². The number of rotatable bonds is 5. The fourth-order valence-corrected chi connectivity index (χ4v) is 1.39. The number of hydrogen-bond acceptors (Lipinski definition) is 5. The van der Waals surface area contributed by atoms with E-state index in [9.17, 15) is 14.4 Å². The summed E-state index contributed by atoms with van der Waals surface area (Å²) >= 11 is 0. The Kier molecular flexibility index (Phi) is 5.73. The summed E-state index contributed by atoms with van der Waals surface area (Å²) in [6.07, 6.45) is -1.18. The van der Waals surface area contributed by atoms with E-state index in [1.165, 1.54) is 0 Å². The molecule has 102 valence electrons. The van der Waals surface area contributed by atoms with Crippen molar-refractivity contribution >= 4 is 17.9 Å². The Hall–Kier alpha value is -2.17. The van der Waals surface area contributed by atoms with Crippen molar-refractivity contribution in [2.45, 2.75) is 26.7 Å². The molecule has 0 radical (unpaired) electrons. The molecule has 0 atom stereocenters. The van der Waals surface area contributed by atoms with E-state index in [1.54, 1.807) is 19.1 Å². The maximum Gasteiger partial charge on any atom is 0.516 e. The van der Waals surface area contributed by atoms with Crippen LogP contribution in [0.15, 0.2) is 24.3 Å². The Morgan fingerprint density at radius 3 is 2.26 bits per heavy atom. The second kappa shape index (κ2) is 7.31. The van der Waals surface area contributed by atoms with Crippen LogP contribution >= 0.6 is 0 Å². The molecule has 0 aliphatic carbocycles. The summed E-state index contributed by atoms with van der Waals surface area (Å²) in [5.41, 5.74) is 1.59. The van der Waals surface area contributed by atoms with Crippen LogP contribution in [0.2, 0.25) is 0 Å². The van der Waals surface area contributed by atoms with E-state index in [4.69, 9.17) is 0 Å². The van der Waals surface area contributed by atoms with Gasteiger partial charge in [0.1, 0.15) is 0 Å². The van der Waals surface area contributed by atoms with Gasteiger partial charge in [-0.2, -0.15) is 0 Å². The summed E-state index contributed by atoms with van der Waals surface area (Å²) in [5, 5.41) is 0. The zero-order valence-electron chi connectivity index (χ0n) is 11.0. The van der Waals surface area contributed by atoms with Gasteiger partial charge in [0.2, 0.25) is 0 Å². The van der Waals surface area contributed by atoms with Gasteiger partial charge in [-0.3, -0.25) is 9.59 Å². The molecule has 0 aromatic heterocycles. The van der Waals surface area contributed by atoms with Crippen LogP contribution in [0.5, 0.6) is 0 Å². The zero-order chi connectivity index (χ0) is 14.3. The second-order valence-corrected chi connectivity index (χ2v) is 3.95. The molecule has 1 aromatic carbocycles. The van der Waals surface area contributed by atoms with Crippen LogP contribution in [0.3, 0.4) is 0 Å². The minimum atomic E-state index is -1.03. The van der Waals surface area contributed by atoms with Crippen molar-refractivity contribution in [3.63, 3.8) is 0 Å². The first-order valence-electron chi connectivity index (χ1n) is 6.00. The number of ketones is 1. The molecule has 0 fully saturated rings. The third-order valence-electron chi connectivity index (χ3n) is 2.39. The number of benzene rings is 1. The monoisotopic (exact) mass is 264 g/mol. The van der Waals surface area contributed by atoms with Crippen LogP contribution in [-0.2, 0) is 14.3 Å². The van der Waals surface area contributed by atoms with Crippen LogP contribution in [-0.4, -0.2) is 24.5 Å². The Labute approximate surface area is 111 Å². The number of Topliss-reactive ketones (excluding diaryl/α,β-unsaturated/α-hetero) is 1. The van der Waals surface area contributed by atoms with Gasteiger partial charge in [0.05, 0.1) is 13.0 Å². The highest BCUT2D eigenvalue weighted by Crippen LogP contribution is 2.08. The van der Waals surface area contributed by atoms with E-state index in [2.05, 4.69) is 9.47 Å². The number of ether oxygens (including phenoxy) is 2. The minimum absolute atomic E-state index is 0.00129. The summed E-state index contributed by atoms with van der Waals surface area (Å²) < 4.78 is 8.79. The summed E-state index contributed by atoms with van der Waals surface area (Å²) in [6, 6.07) is 7.05. The largest absolute Gasteiger partial charge is 0.516 e. The molecule has 0 spiro atoms. The predicted octanol–water partition coefficient (Wildman–Crippen LogP) is 2.66. The lowest BCUT2D eigenvalue weighted by atomic mass is 10.1. The summed E-state index contributed by atoms with van der Waals surface area (Å²) in [5.74, 6) is -0.931. The summed E-state index contributed by atoms with van der Waals surface area (Å²) in [4.78, 5) is 33.8. The number of esters is 1. The molecule has 1 aromatic rings. The molecule has 0 bridgehead atoms. The van der Waals surface area contributed by atoms with E-state index in [0.29, 0.717) is 5.56 Å². The number of carbonyl (C=O) groups excluding carboxylic acids is 3. The van der Waals surface area contributed by atoms with Crippen molar-refractivity contribution in [2.24, 2.45) is 0 Å². The van der Waals surface area contributed by atoms with Crippen molar-refractivity contribution in [2.75, 3.05) is 6.61 Å². The standard InChI is InChI=1S/C14H16O5/c1-3-18-14(17)19-13(16)9-8-12(15)11-6-4-10(2)5-7-11/h4-7H,3,8-9H2,1-2H3. The predicted molar refractivity (Wildman–Crippen MR) is 67.9 cm³/mol. The van der Waals surface area contributed by atoms with Crippen LogP contribution in [0.25, 0.3) is 0 Å². The zero-order valence-corrected chi connectivity index (χ0v) is 11.0. The molecular weight excluding hydrogens is 248 g/mol. The van der Waals surface area contributed by atoms with Crippen molar-refractivity contribution in [3.05, 3.63) is 35.4 Å². The lowest BCUT2D eigenvalue weighted by Crippen LogP contribution is -2.14. The van der Waals surface area contributed by atoms with Gasteiger partial charge in [0, 0.05) is 12.0 Å². The highest BCUT2D eigenvalue weighted by atomic mass is 16.7. The topological polar surface area (TPSA) is 69.7 Å². The van der Waals surface area contributed by atoms with E-state index < -0.39 is 12.1 Å². The van der Waals surface area contributed by atoms with E-state index >= 15 is 0 Å². The van der Waals surface area contributed by atoms with Crippen LogP contribution < -0.4 is 0 Å². The van der Waals surface area contributed by atoms with Gasteiger partial charge in [-0.05, 0) is 13.8 Å². The molecule has 0 aliphatic heterocycles. The van der Waals surface area contributed by atoms with Crippen molar-refractivity contribution in [1.29, 1.82) is 0 Å². The third kappa shape index (κ3) is 5.33.